The molecule has 0 unspecified atom stereocenters. The van der Waals surface area contributed by atoms with Crippen LogP contribution in [0.2, 0.25) is 0 Å². The van der Waals surface area contributed by atoms with Crippen LogP contribution < -0.4 is 4.90 Å². The first-order valence-corrected chi connectivity index (χ1v) is 8.61. The number of nitrogens with zero attached hydrogens (tertiary/aromatic N) is 4. The molecule has 1 aliphatic heterocycles. The summed E-state index contributed by atoms with van der Waals surface area (Å²) in [5.41, 5.74) is 1.02. The fourth-order valence-corrected chi connectivity index (χ4v) is 2.89. The van der Waals surface area contributed by atoms with E-state index < -0.39 is 0 Å². The summed E-state index contributed by atoms with van der Waals surface area (Å²) in [7, 11) is 0. The molecule has 24 heavy (non-hydrogen) atoms. The molecule has 3 rings (SSSR count). The molecule has 2 aromatic rings. The topological polar surface area (TPSA) is 49.3 Å². The van der Waals surface area contributed by atoms with Crippen molar-refractivity contribution in [2.75, 3.05) is 31.1 Å². The lowest BCUT2D eigenvalue weighted by atomic mass is 10.1. The number of hydrogen-bond acceptors (Lipinski definition) is 4. The standard InChI is InChI=1S/C19H24N4O/c1-3-15(2)19(24)23-13-11-22(12-14-23)17-9-10-20-18(21-17)16-7-5-4-6-8-16/h4-10,15H,3,11-14H2,1-2H3/t15-/m1/s1. The number of aromatic nitrogens is 2. The summed E-state index contributed by atoms with van der Waals surface area (Å²) in [6.07, 6.45) is 2.70. The Hall–Kier alpha value is -2.43. The summed E-state index contributed by atoms with van der Waals surface area (Å²) >= 11 is 0. The van der Waals surface area contributed by atoms with Crippen LogP contribution in [0.25, 0.3) is 11.4 Å². The molecular formula is C19H24N4O. The largest absolute Gasteiger partial charge is 0.353 e. The third-order valence-corrected chi connectivity index (χ3v) is 4.62. The van der Waals surface area contributed by atoms with Crippen molar-refractivity contribution < 1.29 is 4.79 Å². The number of carbonyl (C=O) groups excluding carboxylic acids is 1. The van der Waals surface area contributed by atoms with Crippen molar-refractivity contribution >= 4 is 11.7 Å². The van der Waals surface area contributed by atoms with E-state index in [1.165, 1.54) is 0 Å². The normalized spacial score (nSPS) is 16.1. The summed E-state index contributed by atoms with van der Waals surface area (Å²) in [6, 6.07) is 11.9. The zero-order valence-electron chi connectivity index (χ0n) is 14.4. The highest BCUT2D eigenvalue weighted by Crippen LogP contribution is 2.19. The molecule has 0 aliphatic carbocycles. The second-order valence-corrected chi connectivity index (χ2v) is 6.23. The number of amides is 1. The number of carbonyl (C=O) groups is 1. The maximum atomic E-state index is 12.3. The van der Waals surface area contributed by atoms with Gasteiger partial charge in [-0.2, -0.15) is 0 Å². The van der Waals surface area contributed by atoms with Gasteiger partial charge in [0.15, 0.2) is 5.82 Å². The third kappa shape index (κ3) is 3.55. The summed E-state index contributed by atoms with van der Waals surface area (Å²) < 4.78 is 0. The number of benzene rings is 1. The number of anilines is 1. The maximum Gasteiger partial charge on any atom is 0.225 e. The highest BCUT2D eigenvalue weighted by atomic mass is 16.2. The Morgan fingerprint density at radius 1 is 1.12 bits per heavy atom. The predicted molar refractivity (Wildman–Crippen MR) is 95.7 cm³/mol. The molecule has 1 aliphatic rings. The Morgan fingerprint density at radius 3 is 2.50 bits per heavy atom. The van der Waals surface area contributed by atoms with E-state index in [-0.39, 0.29) is 11.8 Å². The first-order valence-electron chi connectivity index (χ1n) is 8.61. The van der Waals surface area contributed by atoms with Gasteiger partial charge in [-0.3, -0.25) is 4.79 Å². The van der Waals surface area contributed by atoms with Gasteiger partial charge in [-0.1, -0.05) is 44.2 Å². The van der Waals surface area contributed by atoms with Crippen LogP contribution in [0.4, 0.5) is 5.82 Å². The highest BCUT2D eigenvalue weighted by Gasteiger charge is 2.24. The predicted octanol–water partition coefficient (Wildman–Crippen LogP) is 2.84. The maximum absolute atomic E-state index is 12.3. The Bertz CT molecular complexity index is 681. The number of hydrogen-bond donors (Lipinski definition) is 0. The minimum absolute atomic E-state index is 0.111. The average Bonchev–Trinajstić information content (AvgIpc) is 2.67. The van der Waals surface area contributed by atoms with E-state index in [4.69, 9.17) is 4.98 Å². The second-order valence-electron chi connectivity index (χ2n) is 6.23. The van der Waals surface area contributed by atoms with Gasteiger partial charge in [-0.25, -0.2) is 9.97 Å². The summed E-state index contributed by atoms with van der Waals surface area (Å²) in [6.45, 7) is 7.21. The number of rotatable bonds is 4. The van der Waals surface area contributed by atoms with Gasteiger partial charge in [-0.05, 0) is 12.5 Å². The highest BCUT2D eigenvalue weighted by molar-refractivity contribution is 5.78. The molecule has 2 heterocycles. The molecule has 0 N–H and O–H groups in total. The van der Waals surface area contributed by atoms with Gasteiger partial charge in [0.25, 0.3) is 0 Å². The van der Waals surface area contributed by atoms with E-state index >= 15 is 0 Å². The lowest BCUT2D eigenvalue weighted by Gasteiger charge is -2.36. The Kier molecular flexibility index (Phi) is 5.08. The Morgan fingerprint density at radius 2 is 1.83 bits per heavy atom. The van der Waals surface area contributed by atoms with Crippen molar-refractivity contribution in [1.29, 1.82) is 0 Å². The Labute approximate surface area is 143 Å². The van der Waals surface area contributed by atoms with Crippen molar-refractivity contribution in [3.63, 3.8) is 0 Å². The molecule has 0 spiro atoms. The minimum Gasteiger partial charge on any atom is -0.353 e. The fourth-order valence-electron chi connectivity index (χ4n) is 2.89. The molecule has 1 fully saturated rings. The molecular weight excluding hydrogens is 300 g/mol. The Balaban J connectivity index is 1.68. The fraction of sp³-hybridized carbons (Fsp3) is 0.421. The summed E-state index contributed by atoms with van der Waals surface area (Å²) in [4.78, 5) is 25.6. The lowest BCUT2D eigenvalue weighted by molar-refractivity contribution is -0.135. The van der Waals surface area contributed by atoms with Gasteiger partial charge >= 0.3 is 0 Å². The molecule has 1 saturated heterocycles. The van der Waals surface area contributed by atoms with Crippen LogP contribution in [0.15, 0.2) is 42.6 Å². The number of piperazine rings is 1. The molecule has 1 aromatic heterocycles. The van der Waals surface area contributed by atoms with Crippen LogP contribution in [-0.2, 0) is 4.79 Å². The molecule has 0 bridgehead atoms. The molecule has 1 atom stereocenters. The monoisotopic (exact) mass is 324 g/mol. The van der Waals surface area contributed by atoms with Crippen LogP contribution in [-0.4, -0.2) is 47.0 Å². The smallest absolute Gasteiger partial charge is 0.225 e. The van der Waals surface area contributed by atoms with Crippen LogP contribution in [0.5, 0.6) is 0 Å². The average molecular weight is 324 g/mol. The third-order valence-electron chi connectivity index (χ3n) is 4.62. The summed E-state index contributed by atoms with van der Waals surface area (Å²) in [5.74, 6) is 2.05. The van der Waals surface area contributed by atoms with Crippen molar-refractivity contribution in [2.45, 2.75) is 20.3 Å². The van der Waals surface area contributed by atoms with E-state index in [2.05, 4.69) is 16.8 Å². The van der Waals surface area contributed by atoms with E-state index in [0.29, 0.717) is 0 Å². The van der Waals surface area contributed by atoms with Crippen molar-refractivity contribution in [3.05, 3.63) is 42.6 Å². The van der Waals surface area contributed by atoms with Crippen LogP contribution >= 0.6 is 0 Å². The second kappa shape index (κ2) is 7.43. The molecule has 0 saturated carbocycles. The summed E-state index contributed by atoms with van der Waals surface area (Å²) in [5, 5.41) is 0. The molecule has 1 amide bonds. The quantitative estimate of drug-likeness (QED) is 0.868. The van der Waals surface area contributed by atoms with Crippen LogP contribution in [0.1, 0.15) is 20.3 Å². The van der Waals surface area contributed by atoms with E-state index in [0.717, 1.165) is 49.8 Å². The van der Waals surface area contributed by atoms with E-state index in [1.807, 2.05) is 48.2 Å². The van der Waals surface area contributed by atoms with E-state index in [1.54, 1.807) is 6.20 Å². The van der Waals surface area contributed by atoms with Gasteiger partial charge < -0.3 is 9.80 Å². The van der Waals surface area contributed by atoms with E-state index in [9.17, 15) is 4.79 Å². The van der Waals surface area contributed by atoms with Crippen molar-refractivity contribution in [1.82, 2.24) is 14.9 Å². The molecule has 1 aromatic carbocycles. The molecule has 5 nitrogen and oxygen atoms in total. The molecule has 126 valence electrons. The lowest BCUT2D eigenvalue weighted by Crippen LogP contribution is -2.50. The van der Waals surface area contributed by atoms with Gasteiger partial charge in [0.2, 0.25) is 5.91 Å². The SMILES string of the molecule is CC[C@@H](C)C(=O)N1CCN(c2ccnc(-c3ccccc3)n2)CC1. The minimum atomic E-state index is 0.111. The first-order chi connectivity index (χ1) is 11.7. The van der Waals surface area contributed by atoms with Crippen LogP contribution in [0.3, 0.4) is 0 Å². The van der Waals surface area contributed by atoms with Crippen LogP contribution in [0, 0.1) is 5.92 Å². The van der Waals surface area contributed by atoms with Crippen molar-refractivity contribution in [3.8, 4) is 11.4 Å². The molecule has 5 heteroatoms. The zero-order chi connectivity index (χ0) is 16.9. The first kappa shape index (κ1) is 16.4. The van der Waals surface area contributed by atoms with Gasteiger partial charge in [-0.15, -0.1) is 0 Å². The zero-order valence-corrected chi connectivity index (χ0v) is 14.4. The van der Waals surface area contributed by atoms with Gasteiger partial charge in [0, 0.05) is 43.9 Å². The van der Waals surface area contributed by atoms with Crippen molar-refractivity contribution in [2.24, 2.45) is 5.92 Å². The molecule has 0 radical (unpaired) electrons. The van der Waals surface area contributed by atoms with Gasteiger partial charge in [0.1, 0.15) is 5.82 Å². The van der Waals surface area contributed by atoms with Gasteiger partial charge in [0.05, 0.1) is 0 Å².